The van der Waals surface area contributed by atoms with Gasteiger partial charge in [0.15, 0.2) is 5.13 Å². The van der Waals surface area contributed by atoms with Gasteiger partial charge in [-0.1, -0.05) is 30.3 Å². The molecule has 0 unspecified atom stereocenters. The van der Waals surface area contributed by atoms with E-state index in [4.69, 9.17) is 4.98 Å². The molecule has 0 spiro atoms. The van der Waals surface area contributed by atoms with Crippen molar-refractivity contribution in [3.63, 3.8) is 0 Å². The van der Waals surface area contributed by atoms with Crippen LogP contribution in [0, 0.1) is 0 Å². The first-order valence-corrected chi connectivity index (χ1v) is 7.15. The van der Waals surface area contributed by atoms with Crippen LogP contribution < -0.4 is 4.90 Å². The maximum Gasteiger partial charge on any atom is 0.185 e. The van der Waals surface area contributed by atoms with Gasteiger partial charge in [-0.3, -0.25) is 0 Å². The van der Waals surface area contributed by atoms with Gasteiger partial charge in [-0.15, -0.1) is 11.3 Å². The molecule has 94 valence electrons. The van der Waals surface area contributed by atoms with Crippen molar-refractivity contribution in [2.45, 2.75) is 18.9 Å². The van der Waals surface area contributed by atoms with Gasteiger partial charge >= 0.3 is 0 Å². The summed E-state index contributed by atoms with van der Waals surface area (Å²) in [4.78, 5) is 6.96. The molecule has 0 saturated carbocycles. The molecule has 18 heavy (non-hydrogen) atoms. The number of benzene rings is 1. The van der Waals surface area contributed by atoms with Gasteiger partial charge in [0.25, 0.3) is 0 Å². The second kappa shape index (κ2) is 5.08. The average Bonchev–Trinajstić information content (AvgIpc) is 2.90. The Labute approximate surface area is 111 Å². The molecule has 0 bridgehead atoms. The van der Waals surface area contributed by atoms with Crippen LogP contribution in [0.15, 0.2) is 35.7 Å². The van der Waals surface area contributed by atoms with Crippen LogP contribution in [0.4, 0.5) is 5.13 Å². The van der Waals surface area contributed by atoms with Gasteiger partial charge in [-0.25, -0.2) is 4.98 Å². The molecule has 0 aliphatic carbocycles. The molecule has 0 atom stereocenters. The van der Waals surface area contributed by atoms with Crippen LogP contribution in [-0.2, 0) is 0 Å². The van der Waals surface area contributed by atoms with E-state index in [1.165, 1.54) is 0 Å². The summed E-state index contributed by atoms with van der Waals surface area (Å²) in [6, 6.07) is 10.2. The van der Waals surface area contributed by atoms with Crippen LogP contribution >= 0.6 is 11.3 Å². The van der Waals surface area contributed by atoms with Crippen molar-refractivity contribution in [1.29, 1.82) is 0 Å². The summed E-state index contributed by atoms with van der Waals surface area (Å²) in [5.74, 6) is 0. The summed E-state index contributed by atoms with van der Waals surface area (Å²) in [5, 5.41) is 12.7. The minimum absolute atomic E-state index is 0.130. The summed E-state index contributed by atoms with van der Waals surface area (Å²) >= 11 is 1.69. The van der Waals surface area contributed by atoms with Crippen molar-refractivity contribution >= 4 is 16.5 Å². The number of aromatic nitrogens is 1. The van der Waals surface area contributed by atoms with Gasteiger partial charge in [0.2, 0.25) is 0 Å². The number of hydrogen-bond acceptors (Lipinski definition) is 4. The van der Waals surface area contributed by atoms with E-state index >= 15 is 0 Å². The van der Waals surface area contributed by atoms with E-state index < -0.39 is 0 Å². The maximum atomic E-state index is 9.51. The predicted molar refractivity (Wildman–Crippen MR) is 75.0 cm³/mol. The number of rotatable bonds is 2. The fourth-order valence-corrected chi connectivity index (χ4v) is 3.10. The van der Waals surface area contributed by atoms with Crippen molar-refractivity contribution in [3.8, 4) is 11.3 Å². The second-order valence-electron chi connectivity index (χ2n) is 4.60. The highest BCUT2D eigenvalue weighted by Gasteiger charge is 2.19. The standard InChI is InChI=1S/C14H16N2OS/c17-12-6-8-16(9-7-12)14-15-13(10-18-14)11-4-2-1-3-5-11/h1-5,10,12,17H,6-9H2. The zero-order chi connectivity index (χ0) is 12.4. The fourth-order valence-electron chi connectivity index (χ4n) is 2.21. The molecule has 2 aromatic rings. The first kappa shape index (κ1) is 11.7. The summed E-state index contributed by atoms with van der Waals surface area (Å²) < 4.78 is 0. The number of aliphatic hydroxyl groups is 1. The molecule has 1 aromatic carbocycles. The molecular weight excluding hydrogens is 244 g/mol. The van der Waals surface area contributed by atoms with Crippen molar-refractivity contribution in [2.75, 3.05) is 18.0 Å². The summed E-state index contributed by atoms with van der Waals surface area (Å²) in [5.41, 5.74) is 2.21. The Kier molecular flexibility index (Phi) is 3.30. The minimum Gasteiger partial charge on any atom is -0.393 e. The van der Waals surface area contributed by atoms with E-state index in [9.17, 15) is 5.11 Å². The molecule has 1 fully saturated rings. The highest BCUT2D eigenvalue weighted by atomic mass is 32.1. The molecule has 3 nitrogen and oxygen atoms in total. The van der Waals surface area contributed by atoms with Crippen LogP contribution in [0.2, 0.25) is 0 Å². The largest absolute Gasteiger partial charge is 0.393 e. The van der Waals surface area contributed by atoms with Crippen molar-refractivity contribution < 1.29 is 5.11 Å². The number of hydrogen-bond donors (Lipinski definition) is 1. The Balaban J connectivity index is 1.78. The zero-order valence-corrected chi connectivity index (χ0v) is 10.9. The Morgan fingerprint density at radius 2 is 1.89 bits per heavy atom. The monoisotopic (exact) mass is 260 g/mol. The minimum atomic E-state index is -0.130. The molecule has 2 heterocycles. The van der Waals surface area contributed by atoms with Gasteiger partial charge < -0.3 is 10.0 Å². The lowest BCUT2D eigenvalue weighted by molar-refractivity contribution is 0.145. The third-order valence-corrected chi connectivity index (χ3v) is 4.20. The Bertz CT molecular complexity index is 504. The van der Waals surface area contributed by atoms with E-state index in [0.29, 0.717) is 0 Å². The number of piperidine rings is 1. The molecule has 0 amide bonds. The SMILES string of the molecule is OC1CCN(c2nc(-c3ccccc3)cs2)CC1. The smallest absolute Gasteiger partial charge is 0.185 e. The van der Waals surface area contributed by atoms with E-state index in [2.05, 4.69) is 22.4 Å². The lowest BCUT2D eigenvalue weighted by atomic mass is 10.1. The fraction of sp³-hybridized carbons (Fsp3) is 0.357. The number of nitrogens with zero attached hydrogens (tertiary/aromatic N) is 2. The Morgan fingerprint density at radius 3 is 2.61 bits per heavy atom. The number of thiazole rings is 1. The van der Waals surface area contributed by atoms with E-state index in [1.54, 1.807) is 11.3 Å². The molecule has 1 N–H and O–H groups in total. The normalized spacial score (nSPS) is 17.1. The molecule has 1 aliphatic heterocycles. The first-order valence-electron chi connectivity index (χ1n) is 6.27. The summed E-state index contributed by atoms with van der Waals surface area (Å²) in [7, 11) is 0. The molecule has 1 saturated heterocycles. The zero-order valence-electron chi connectivity index (χ0n) is 10.1. The first-order chi connectivity index (χ1) is 8.83. The Morgan fingerprint density at radius 1 is 1.17 bits per heavy atom. The van der Waals surface area contributed by atoms with Crippen LogP contribution in [-0.4, -0.2) is 29.3 Å². The average molecular weight is 260 g/mol. The van der Waals surface area contributed by atoms with Crippen molar-refractivity contribution in [1.82, 2.24) is 4.98 Å². The van der Waals surface area contributed by atoms with Crippen LogP contribution in [0.3, 0.4) is 0 Å². The quantitative estimate of drug-likeness (QED) is 0.902. The lowest BCUT2D eigenvalue weighted by Gasteiger charge is -2.29. The third-order valence-electron chi connectivity index (χ3n) is 3.30. The van der Waals surface area contributed by atoms with Crippen LogP contribution in [0.1, 0.15) is 12.8 Å². The van der Waals surface area contributed by atoms with E-state index in [0.717, 1.165) is 42.3 Å². The van der Waals surface area contributed by atoms with Gasteiger partial charge in [0.05, 0.1) is 11.8 Å². The molecule has 1 aliphatic rings. The topological polar surface area (TPSA) is 36.4 Å². The highest BCUT2D eigenvalue weighted by Crippen LogP contribution is 2.28. The lowest BCUT2D eigenvalue weighted by Crippen LogP contribution is -2.35. The molecule has 1 aromatic heterocycles. The van der Waals surface area contributed by atoms with Crippen LogP contribution in [0.5, 0.6) is 0 Å². The van der Waals surface area contributed by atoms with E-state index in [1.807, 2.05) is 18.2 Å². The maximum absolute atomic E-state index is 9.51. The highest BCUT2D eigenvalue weighted by molar-refractivity contribution is 7.14. The molecule has 3 rings (SSSR count). The predicted octanol–water partition coefficient (Wildman–Crippen LogP) is 2.77. The third kappa shape index (κ3) is 2.40. The molecule has 0 radical (unpaired) electrons. The van der Waals surface area contributed by atoms with Crippen LogP contribution in [0.25, 0.3) is 11.3 Å². The Hall–Kier alpha value is -1.39. The number of aliphatic hydroxyl groups excluding tert-OH is 1. The number of anilines is 1. The van der Waals surface area contributed by atoms with Gasteiger partial charge in [-0.05, 0) is 12.8 Å². The summed E-state index contributed by atoms with van der Waals surface area (Å²) in [6.07, 6.45) is 1.57. The summed E-state index contributed by atoms with van der Waals surface area (Å²) in [6.45, 7) is 1.81. The molecular formula is C14H16N2OS. The van der Waals surface area contributed by atoms with Gasteiger partial charge in [0, 0.05) is 24.0 Å². The van der Waals surface area contributed by atoms with E-state index in [-0.39, 0.29) is 6.10 Å². The molecule has 4 heteroatoms. The van der Waals surface area contributed by atoms with Crippen molar-refractivity contribution in [3.05, 3.63) is 35.7 Å². The van der Waals surface area contributed by atoms with Gasteiger partial charge in [0.1, 0.15) is 0 Å². The second-order valence-corrected chi connectivity index (χ2v) is 5.44. The van der Waals surface area contributed by atoms with Crippen molar-refractivity contribution in [2.24, 2.45) is 0 Å². The van der Waals surface area contributed by atoms with Gasteiger partial charge in [-0.2, -0.15) is 0 Å².